The van der Waals surface area contributed by atoms with E-state index in [1.54, 1.807) is 4.90 Å². The summed E-state index contributed by atoms with van der Waals surface area (Å²) in [6.45, 7) is 7.91. The second kappa shape index (κ2) is 9.33. The van der Waals surface area contributed by atoms with Gasteiger partial charge in [0.25, 0.3) is 0 Å². The first-order valence-electron chi connectivity index (χ1n) is 10.1. The number of nitrogens with one attached hydrogen (secondary N) is 1. The fourth-order valence-electron chi connectivity index (χ4n) is 3.92. The maximum absolute atomic E-state index is 12.7. The minimum absolute atomic E-state index is 0.0417. The van der Waals surface area contributed by atoms with E-state index in [0.29, 0.717) is 13.0 Å². The van der Waals surface area contributed by atoms with E-state index >= 15 is 0 Å². The van der Waals surface area contributed by atoms with Gasteiger partial charge in [0.05, 0.1) is 0 Å². The van der Waals surface area contributed by atoms with E-state index in [4.69, 9.17) is 0 Å². The topological polar surface area (TPSA) is 55.9 Å². The number of carbonyl (C=O) groups is 2. The number of anilines is 1. The number of para-hydroxylation sites is 1. The molecular formula is C21H32N4O2. The van der Waals surface area contributed by atoms with E-state index in [9.17, 15) is 9.59 Å². The number of fused-ring (bicyclic) bond motifs is 1. The number of carbonyl (C=O) groups excluding carboxylic acids is 2. The summed E-state index contributed by atoms with van der Waals surface area (Å²) in [5, 5.41) is 3.03. The third-order valence-electron chi connectivity index (χ3n) is 5.67. The van der Waals surface area contributed by atoms with E-state index in [1.807, 2.05) is 25.1 Å². The fraction of sp³-hybridized carbons (Fsp3) is 0.619. The minimum atomic E-state index is -0.486. The van der Waals surface area contributed by atoms with Crippen molar-refractivity contribution in [2.24, 2.45) is 0 Å². The van der Waals surface area contributed by atoms with Crippen LogP contribution in [0.1, 0.15) is 31.7 Å². The number of amides is 2. The zero-order valence-corrected chi connectivity index (χ0v) is 16.6. The van der Waals surface area contributed by atoms with Crippen molar-refractivity contribution in [1.29, 1.82) is 0 Å². The molecule has 6 heteroatoms. The molecule has 27 heavy (non-hydrogen) atoms. The Kier molecular flexibility index (Phi) is 6.85. The number of aryl methyl sites for hydroxylation is 1. The molecular weight excluding hydrogens is 340 g/mol. The van der Waals surface area contributed by atoms with Gasteiger partial charge in [-0.15, -0.1) is 0 Å². The van der Waals surface area contributed by atoms with Crippen LogP contribution in [-0.4, -0.2) is 74.0 Å². The van der Waals surface area contributed by atoms with Gasteiger partial charge in [0.15, 0.2) is 0 Å². The normalized spacial score (nSPS) is 20.1. The van der Waals surface area contributed by atoms with Crippen molar-refractivity contribution in [2.75, 3.05) is 51.2 Å². The number of hydrogen-bond acceptors (Lipinski definition) is 4. The molecule has 1 saturated heterocycles. The summed E-state index contributed by atoms with van der Waals surface area (Å²) in [6.07, 6.45) is 3.16. The molecule has 2 amide bonds. The second-order valence-electron chi connectivity index (χ2n) is 7.71. The van der Waals surface area contributed by atoms with Crippen LogP contribution in [0.3, 0.4) is 0 Å². The van der Waals surface area contributed by atoms with Crippen LogP contribution in [0.25, 0.3) is 0 Å². The highest BCUT2D eigenvalue weighted by molar-refractivity contribution is 6.01. The Morgan fingerprint density at radius 1 is 1.15 bits per heavy atom. The lowest BCUT2D eigenvalue weighted by Crippen LogP contribution is -2.49. The Morgan fingerprint density at radius 3 is 2.67 bits per heavy atom. The number of benzene rings is 1. The van der Waals surface area contributed by atoms with Gasteiger partial charge in [0.1, 0.15) is 6.04 Å². The Hall–Kier alpha value is -1.92. The van der Waals surface area contributed by atoms with Crippen molar-refractivity contribution in [3.63, 3.8) is 0 Å². The molecule has 148 valence electrons. The quantitative estimate of drug-likeness (QED) is 0.769. The summed E-state index contributed by atoms with van der Waals surface area (Å²) in [4.78, 5) is 31.8. The van der Waals surface area contributed by atoms with Gasteiger partial charge in [0.2, 0.25) is 11.8 Å². The lowest BCUT2D eigenvalue weighted by atomic mass is 10.1. The average Bonchev–Trinajstić information content (AvgIpc) is 2.84. The van der Waals surface area contributed by atoms with Gasteiger partial charge < -0.3 is 15.1 Å². The van der Waals surface area contributed by atoms with E-state index in [2.05, 4.69) is 28.2 Å². The number of likely N-dealkylation sites (N-methyl/N-ethyl adjacent to an activating group) is 1. The fourth-order valence-corrected chi connectivity index (χ4v) is 3.92. The van der Waals surface area contributed by atoms with E-state index in [1.165, 1.54) is 0 Å². The van der Waals surface area contributed by atoms with Crippen molar-refractivity contribution in [2.45, 2.75) is 38.6 Å². The van der Waals surface area contributed by atoms with Crippen LogP contribution in [0.5, 0.6) is 0 Å². The van der Waals surface area contributed by atoms with Crippen molar-refractivity contribution in [1.82, 2.24) is 15.1 Å². The highest BCUT2D eigenvalue weighted by atomic mass is 16.2. The molecule has 2 aliphatic rings. The van der Waals surface area contributed by atoms with Crippen molar-refractivity contribution in [3.8, 4) is 0 Å². The summed E-state index contributed by atoms with van der Waals surface area (Å²) in [7, 11) is 2.15. The lowest BCUT2D eigenvalue weighted by molar-refractivity contribution is -0.126. The van der Waals surface area contributed by atoms with Crippen LogP contribution in [-0.2, 0) is 16.0 Å². The van der Waals surface area contributed by atoms with E-state index in [-0.39, 0.29) is 11.8 Å². The van der Waals surface area contributed by atoms with E-state index < -0.39 is 6.04 Å². The number of nitrogens with zero attached hydrogens (tertiary/aromatic N) is 3. The Bertz CT molecular complexity index is 655. The summed E-state index contributed by atoms with van der Waals surface area (Å²) < 4.78 is 0. The minimum Gasteiger partial charge on any atom is -0.354 e. The molecule has 1 aromatic carbocycles. The summed E-state index contributed by atoms with van der Waals surface area (Å²) in [6, 6.07) is 7.46. The second-order valence-corrected chi connectivity index (χ2v) is 7.71. The predicted octanol–water partition coefficient (Wildman–Crippen LogP) is 1.50. The van der Waals surface area contributed by atoms with Crippen LogP contribution < -0.4 is 10.2 Å². The molecule has 6 nitrogen and oxygen atoms in total. The van der Waals surface area contributed by atoms with Crippen LogP contribution in [0, 0.1) is 0 Å². The molecule has 2 heterocycles. The summed E-state index contributed by atoms with van der Waals surface area (Å²) >= 11 is 0. The molecule has 2 aliphatic heterocycles. The smallest absolute Gasteiger partial charge is 0.242 e. The Morgan fingerprint density at radius 2 is 1.89 bits per heavy atom. The SMILES string of the molecule is C[C@@H](C(=O)NCCCN1CCN(C)CC1)N1C(=O)CCCc2ccccc21. The van der Waals surface area contributed by atoms with Gasteiger partial charge in [0, 0.05) is 44.8 Å². The van der Waals surface area contributed by atoms with Gasteiger partial charge in [-0.25, -0.2) is 0 Å². The van der Waals surface area contributed by atoms with Crippen LogP contribution >= 0.6 is 0 Å². The molecule has 1 fully saturated rings. The van der Waals surface area contributed by atoms with Crippen molar-refractivity contribution < 1.29 is 9.59 Å². The number of hydrogen-bond donors (Lipinski definition) is 1. The molecule has 1 aromatic rings. The van der Waals surface area contributed by atoms with Crippen LogP contribution in [0.4, 0.5) is 5.69 Å². The lowest BCUT2D eigenvalue weighted by Gasteiger charge is -2.32. The van der Waals surface area contributed by atoms with Gasteiger partial charge in [-0.1, -0.05) is 18.2 Å². The summed E-state index contributed by atoms with van der Waals surface area (Å²) in [5.41, 5.74) is 2.04. The molecule has 1 atom stereocenters. The summed E-state index contributed by atoms with van der Waals surface area (Å²) in [5.74, 6) is -0.0292. The monoisotopic (exact) mass is 372 g/mol. The standard InChI is InChI=1S/C21H32N4O2/c1-17(21(27)22-11-6-12-24-15-13-23(2)14-16-24)25-19-9-4-3-7-18(19)8-5-10-20(25)26/h3-4,7,9,17H,5-6,8,10-16H2,1-2H3,(H,22,27)/t17-/m0/s1. The molecule has 0 aliphatic carbocycles. The zero-order valence-electron chi connectivity index (χ0n) is 16.6. The highest BCUT2D eigenvalue weighted by Gasteiger charge is 2.30. The van der Waals surface area contributed by atoms with Gasteiger partial charge >= 0.3 is 0 Å². The van der Waals surface area contributed by atoms with E-state index in [0.717, 1.165) is 63.2 Å². The third kappa shape index (κ3) is 5.08. The largest absolute Gasteiger partial charge is 0.354 e. The first-order valence-corrected chi connectivity index (χ1v) is 10.1. The Balaban J connectivity index is 1.51. The Labute approximate surface area is 162 Å². The molecule has 0 spiro atoms. The zero-order chi connectivity index (χ0) is 19.2. The predicted molar refractivity (Wildman–Crippen MR) is 108 cm³/mol. The van der Waals surface area contributed by atoms with Gasteiger partial charge in [-0.05, 0) is 51.4 Å². The molecule has 0 aromatic heterocycles. The molecule has 3 rings (SSSR count). The molecule has 0 unspecified atom stereocenters. The third-order valence-corrected chi connectivity index (χ3v) is 5.67. The highest BCUT2D eigenvalue weighted by Crippen LogP contribution is 2.28. The molecule has 0 saturated carbocycles. The first kappa shape index (κ1) is 19.8. The van der Waals surface area contributed by atoms with Crippen LogP contribution in [0.15, 0.2) is 24.3 Å². The van der Waals surface area contributed by atoms with Crippen molar-refractivity contribution in [3.05, 3.63) is 29.8 Å². The molecule has 0 radical (unpaired) electrons. The number of piperazine rings is 1. The maximum Gasteiger partial charge on any atom is 0.242 e. The first-order chi connectivity index (χ1) is 13.1. The number of rotatable bonds is 6. The molecule has 0 bridgehead atoms. The van der Waals surface area contributed by atoms with Crippen molar-refractivity contribution >= 4 is 17.5 Å². The van der Waals surface area contributed by atoms with Crippen LogP contribution in [0.2, 0.25) is 0 Å². The average molecular weight is 373 g/mol. The molecule has 1 N–H and O–H groups in total. The van der Waals surface area contributed by atoms with Gasteiger partial charge in [-0.3, -0.25) is 14.5 Å². The maximum atomic E-state index is 12.7. The van der Waals surface area contributed by atoms with Gasteiger partial charge in [-0.2, -0.15) is 0 Å².